The van der Waals surface area contributed by atoms with Crippen LogP contribution in [-0.2, 0) is 29.5 Å². The minimum Gasteiger partial charge on any atom is -0.256 e. The first kappa shape index (κ1) is 16.6. The van der Waals surface area contributed by atoms with Gasteiger partial charge in [0, 0.05) is 18.8 Å². The Morgan fingerprint density at radius 1 is 1.12 bits per heavy atom. The van der Waals surface area contributed by atoms with Gasteiger partial charge in [0.1, 0.15) is 0 Å². The van der Waals surface area contributed by atoms with Crippen LogP contribution in [0.3, 0.4) is 0 Å². The van der Waals surface area contributed by atoms with Crippen molar-refractivity contribution >= 4 is 10.0 Å². The number of benzene rings is 1. The fourth-order valence-corrected chi connectivity index (χ4v) is 4.46. The zero-order valence-corrected chi connectivity index (χ0v) is 14.8. The summed E-state index contributed by atoms with van der Waals surface area (Å²) >= 11 is 0. The summed E-state index contributed by atoms with van der Waals surface area (Å²) in [4.78, 5) is 4.80. The number of nitriles is 1. The molecule has 0 saturated heterocycles. The summed E-state index contributed by atoms with van der Waals surface area (Å²) in [6.07, 6.45) is 0.241. The average molecular weight is 341 g/mol. The van der Waals surface area contributed by atoms with Gasteiger partial charge in [-0.15, -0.1) is 0 Å². The van der Waals surface area contributed by atoms with Crippen molar-refractivity contribution in [3.8, 4) is 6.07 Å². The second kappa shape index (κ2) is 6.00. The summed E-state index contributed by atoms with van der Waals surface area (Å²) < 4.78 is 27.3. The molecule has 1 aromatic carbocycles. The molecule has 0 N–H and O–H groups in total. The summed E-state index contributed by atoms with van der Waals surface area (Å²) in [7, 11) is -3.54. The largest absolute Gasteiger partial charge is 0.256 e. The predicted molar refractivity (Wildman–Crippen MR) is 90.6 cm³/mol. The van der Waals surface area contributed by atoms with Gasteiger partial charge < -0.3 is 0 Å². The molecule has 124 valence electrons. The Labute approximate surface area is 142 Å². The van der Waals surface area contributed by atoms with Crippen LogP contribution in [0.4, 0.5) is 0 Å². The van der Waals surface area contributed by atoms with E-state index in [0.29, 0.717) is 18.0 Å². The van der Waals surface area contributed by atoms with Gasteiger partial charge in [-0.25, -0.2) is 8.42 Å². The number of pyridine rings is 1. The normalized spacial score (nSPS) is 14.4. The van der Waals surface area contributed by atoms with Crippen molar-refractivity contribution in [2.75, 3.05) is 0 Å². The fraction of sp³-hybridized carbons (Fsp3) is 0.333. The molecule has 24 heavy (non-hydrogen) atoms. The van der Waals surface area contributed by atoms with Gasteiger partial charge in [-0.3, -0.25) is 4.98 Å². The molecule has 1 aliphatic heterocycles. The Hall–Kier alpha value is -2.23. The van der Waals surface area contributed by atoms with Gasteiger partial charge in [0.2, 0.25) is 10.0 Å². The van der Waals surface area contributed by atoms with E-state index in [-0.39, 0.29) is 6.42 Å². The van der Waals surface area contributed by atoms with Crippen molar-refractivity contribution in [2.24, 2.45) is 0 Å². The van der Waals surface area contributed by atoms with Crippen LogP contribution >= 0.6 is 0 Å². The molecule has 0 atom stereocenters. The van der Waals surface area contributed by atoms with Crippen molar-refractivity contribution in [1.82, 2.24) is 9.29 Å². The van der Waals surface area contributed by atoms with E-state index in [4.69, 9.17) is 5.26 Å². The Bertz CT molecular complexity index is 942. The van der Waals surface area contributed by atoms with Crippen molar-refractivity contribution < 1.29 is 8.42 Å². The third-order valence-corrected chi connectivity index (χ3v) is 6.37. The van der Waals surface area contributed by atoms with Crippen LogP contribution < -0.4 is 0 Å². The highest BCUT2D eigenvalue weighted by molar-refractivity contribution is 7.89. The third-order valence-electron chi connectivity index (χ3n) is 4.56. The van der Waals surface area contributed by atoms with E-state index in [1.165, 1.54) is 4.31 Å². The summed E-state index contributed by atoms with van der Waals surface area (Å²) in [6, 6.07) is 9.02. The van der Waals surface area contributed by atoms with E-state index >= 15 is 0 Å². The van der Waals surface area contributed by atoms with Crippen molar-refractivity contribution in [1.29, 1.82) is 5.26 Å². The Morgan fingerprint density at radius 3 is 2.38 bits per heavy atom. The smallest absolute Gasteiger partial charge is 0.243 e. The number of hydrogen-bond acceptors (Lipinski definition) is 4. The number of rotatable bonds is 3. The number of hydrogen-bond donors (Lipinski definition) is 0. The lowest BCUT2D eigenvalue weighted by atomic mass is 10.0. The molecule has 0 radical (unpaired) electrons. The van der Waals surface area contributed by atoms with Crippen LogP contribution in [0.1, 0.15) is 33.6 Å². The molecular formula is C18H19N3O2S. The molecule has 0 unspecified atom stereocenters. The standard InChI is InChI=1S/C18H19N3O2S/c1-12-4-6-15(7-5-12)24(22,23)21-10-16-13(2)18(8-9-19)20-14(3)17(16)11-21/h4-7H,8,10-11H2,1-3H3. The van der Waals surface area contributed by atoms with E-state index in [9.17, 15) is 8.42 Å². The van der Waals surface area contributed by atoms with Crippen molar-refractivity contribution in [3.05, 3.63) is 57.9 Å². The zero-order valence-electron chi connectivity index (χ0n) is 14.0. The fourth-order valence-electron chi connectivity index (χ4n) is 3.08. The van der Waals surface area contributed by atoms with Crippen LogP contribution in [0.15, 0.2) is 29.2 Å². The zero-order chi connectivity index (χ0) is 17.5. The monoisotopic (exact) mass is 341 g/mol. The van der Waals surface area contributed by atoms with E-state index in [0.717, 1.165) is 33.6 Å². The van der Waals surface area contributed by atoms with Crippen LogP contribution in [0.2, 0.25) is 0 Å². The molecule has 1 aromatic heterocycles. The van der Waals surface area contributed by atoms with E-state index in [2.05, 4.69) is 11.1 Å². The molecule has 2 heterocycles. The number of aryl methyl sites for hydroxylation is 2. The van der Waals surface area contributed by atoms with Gasteiger partial charge in [-0.05, 0) is 49.6 Å². The van der Waals surface area contributed by atoms with Gasteiger partial charge in [-0.1, -0.05) is 17.7 Å². The lowest BCUT2D eigenvalue weighted by Crippen LogP contribution is -2.25. The molecule has 0 aliphatic carbocycles. The summed E-state index contributed by atoms with van der Waals surface area (Å²) in [5, 5.41) is 8.94. The molecule has 6 heteroatoms. The highest BCUT2D eigenvalue weighted by Gasteiger charge is 2.33. The maximum Gasteiger partial charge on any atom is 0.243 e. The van der Waals surface area contributed by atoms with Crippen molar-refractivity contribution in [3.63, 3.8) is 0 Å². The quantitative estimate of drug-likeness (QED) is 0.860. The second-order valence-electron chi connectivity index (χ2n) is 6.15. The molecule has 0 bridgehead atoms. The lowest BCUT2D eigenvalue weighted by molar-refractivity contribution is 0.431. The van der Waals surface area contributed by atoms with Gasteiger partial charge in [0.15, 0.2) is 0 Å². The minimum absolute atomic E-state index is 0.241. The van der Waals surface area contributed by atoms with Gasteiger partial charge >= 0.3 is 0 Å². The number of sulfonamides is 1. The highest BCUT2D eigenvalue weighted by Crippen LogP contribution is 2.33. The first-order chi connectivity index (χ1) is 11.3. The van der Waals surface area contributed by atoms with Crippen LogP contribution in [0, 0.1) is 32.1 Å². The molecule has 5 nitrogen and oxygen atoms in total. The van der Waals surface area contributed by atoms with Gasteiger partial charge in [0.25, 0.3) is 0 Å². The molecule has 0 spiro atoms. The van der Waals surface area contributed by atoms with Crippen LogP contribution in [0.5, 0.6) is 0 Å². The van der Waals surface area contributed by atoms with Crippen LogP contribution in [0.25, 0.3) is 0 Å². The Morgan fingerprint density at radius 2 is 1.75 bits per heavy atom. The topological polar surface area (TPSA) is 74.1 Å². The van der Waals surface area contributed by atoms with E-state index in [1.54, 1.807) is 24.3 Å². The first-order valence-corrected chi connectivity index (χ1v) is 9.20. The predicted octanol–water partition coefficient (Wildman–Crippen LogP) is 2.78. The molecule has 2 aromatic rings. The third kappa shape index (κ3) is 2.70. The lowest BCUT2D eigenvalue weighted by Gasteiger charge is -2.15. The summed E-state index contributed by atoms with van der Waals surface area (Å²) in [5.41, 5.74) is 5.45. The maximum absolute atomic E-state index is 12.9. The average Bonchev–Trinajstić information content (AvgIpc) is 3.00. The maximum atomic E-state index is 12.9. The summed E-state index contributed by atoms with van der Waals surface area (Å²) in [6.45, 7) is 6.38. The molecular weight excluding hydrogens is 322 g/mol. The summed E-state index contributed by atoms with van der Waals surface area (Å²) in [5.74, 6) is 0. The SMILES string of the molecule is Cc1ccc(S(=O)(=O)N2Cc3c(C)nc(CC#N)c(C)c3C2)cc1. The van der Waals surface area contributed by atoms with Crippen LogP contribution in [-0.4, -0.2) is 17.7 Å². The minimum atomic E-state index is -3.54. The first-order valence-electron chi connectivity index (χ1n) is 7.76. The molecule has 0 fully saturated rings. The number of aromatic nitrogens is 1. The Kier molecular flexibility index (Phi) is 4.16. The number of fused-ring (bicyclic) bond motifs is 1. The molecule has 1 aliphatic rings. The molecule has 0 saturated carbocycles. The van der Waals surface area contributed by atoms with E-state index in [1.807, 2.05) is 20.8 Å². The Balaban J connectivity index is 1.99. The molecule has 0 amide bonds. The van der Waals surface area contributed by atoms with Crippen molar-refractivity contribution in [2.45, 2.75) is 45.2 Å². The van der Waals surface area contributed by atoms with Gasteiger partial charge in [-0.2, -0.15) is 9.57 Å². The highest BCUT2D eigenvalue weighted by atomic mass is 32.2. The van der Waals surface area contributed by atoms with Gasteiger partial charge in [0.05, 0.1) is 23.1 Å². The second-order valence-corrected chi connectivity index (χ2v) is 8.08. The molecule has 3 rings (SSSR count). The van der Waals surface area contributed by atoms with E-state index < -0.39 is 10.0 Å². The number of nitrogens with zero attached hydrogens (tertiary/aromatic N) is 3.